The molecule has 0 saturated heterocycles. The van der Waals surface area contributed by atoms with Gasteiger partial charge in [0.1, 0.15) is 0 Å². The van der Waals surface area contributed by atoms with E-state index in [1.807, 2.05) is 12.1 Å². The van der Waals surface area contributed by atoms with E-state index in [-0.39, 0.29) is 16.9 Å². The van der Waals surface area contributed by atoms with Gasteiger partial charge < -0.3 is 10.2 Å². The molecule has 1 aromatic carbocycles. The summed E-state index contributed by atoms with van der Waals surface area (Å²) in [6.45, 7) is 6.79. The smallest absolute Gasteiger partial charge is 0.161 e. The Hall–Kier alpha value is -1.18. The number of hydrogen-bond donors (Lipinski definition) is 2. The summed E-state index contributed by atoms with van der Waals surface area (Å²) in [5.41, 5.74) is 0.915. The van der Waals surface area contributed by atoms with Gasteiger partial charge in [-0.15, -0.1) is 0 Å². The average molecular weight is 248 g/mol. The lowest BCUT2D eigenvalue weighted by molar-refractivity contribution is 0.201. The molecule has 0 amide bonds. The van der Waals surface area contributed by atoms with Gasteiger partial charge in [-0.25, -0.2) is 0 Å². The number of rotatable bonds is 2. The maximum Gasteiger partial charge on any atom is 0.161 e. The molecule has 1 fully saturated rings. The molecule has 0 heterocycles. The van der Waals surface area contributed by atoms with Crippen LogP contribution in [-0.2, 0) is 5.41 Å². The van der Waals surface area contributed by atoms with Crippen LogP contribution < -0.4 is 0 Å². The van der Waals surface area contributed by atoms with Crippen molar-refractivity contribution in [2.24, 2.45) is 11.8 Å². The summed E-state index contributed by atoms with van der Waals surface area (Å²) in [5, 5.41) is 19.7. The molecule has 1 saturated carbocycles. The molecule has 18 heavy (non-hydrogen) atoms. The normalized spacial score (nSPS) is 28.6. The van der Waals surface area contributed by atoms with Crippen LogP contribution >= 0.6 is 0 Å². The molecule has 0 bridgehead atoms. The maximum atomic E-state index is 10.0. The Balaban J connectivity index is 2.21. The van der Waals surface area contributed by atoms with Crippen LogP contribution in [0.15, 0.2) is 18.2 Å². The third kappa shape index (κ3) is 2.33. The Morgan fingerprint density at radius 3 is 2.33 bits per heavy atom. The lowest BCUT2D eigenvalue weighted by Crippen LogP contribution is -2.30. The quantitative estimate of drug-likeness (QED) is 0.770. The minimum Gasteiger partial charge on any atom is -0.504 e. The zero-order chi connectivity index (χ0) is 13.3. The third-order valence-electron chi connectivity index (χ3n) is 4.74. The Labute approximate surface area is 110 Å². The molecule has 1 aliphatic rings. The van der Waals surface area contributed by atoms with E-state index in [2.05, 4.69) is 20.8 Å². The molecule has 0 radical (unpaired) electrons. The Kier molecular flexibility index (Phi) is 3.56. The highest BCUT2D eigenvalue weighted by Gasteiger charge is 2.35. The molecule has 0 aromatic heterocycles. The van der Waals surface area contributed by atoms with Crippen molar-refractivity contribution in [1.82, 2.24) is 0 Å². The largest absolute Gasteiger partial charge is 0.504 e. The Bertz CT molecular complexity index is 415. The minimum absolute atomic E-state index is 0.000270. The fraction of sp³-hybridized carbons (Fsp3) is 0.625. The van der Waals surface area contributed by atoms with Crippen molar-refractivity contribution in [1.29, 1.82) is 0 Å². The van der Waals surface area contributed by atoms with E-state index in [9.17, 15) is 10.2 Å². The summed E-state index contributed by atoms with van der Waals surface area (Å²) >= 11 is 0. The van der Waals surface area contributed by atoms with Crippen molar-refractivity contribution in [3.05, 3.63) is 23.8 Å². The van der Waals surface area contributed by atoms with Gasteiger partial charge in [-0.3, -0.25) is 0 Å². The van der Waals surface area contributed by atoms with E-state index in [4.69, 9.17) is 0 Å². The van der Waals surface area contributed by atoms with Crippen LogP contribution in [0.5, 0.6) is 11.5 Å². The molecule has 0 atom stereocenters. The van der Waals surface area contributed by atoms with Gasteiger partial charge in [0, 0.05) is 5.56 Å². The van der Waals surface area contributed by atoms with Gasteiger partial charge >= 0.3 is 0 Å². The highest BCUT2D eigenvalue weighted by Crippen LogP contribution is 2.47. The summed E-state index contributed by atoms with van der Waals surface area (Å²) in [7, 11) is 0. The summed E-state index contributed by atoms with van der Waals surface area (Å²) in [6.07, 6.45) is 4.60. The molecule has 2 nitrogen and oxygen atoms in total. The van der Waals surface area contributed by atoms with Gasteiger partial charge in [-0.1, -0.05) is 32.9 Å². The van der Waals surface area contributed by atoms with E-state index in [1.165, 1.54) is 12.8 Å². The van der Waals surface area contributed by atoms with Crippen LogP contribution in [0.3, 0.4) is 0 Å². The minimum atomic E-state index is -0.000270. The van der Waals surface area contributed by atoms with Gasteiger partial charge in [0.25, 0.3) is 0 Å². The monoisotopic (exact) mass is 248 g/mol. The number of para-hydroxylation sites is 1. The second-order valence-electron chi connectivity index (χ2n) is 6.32. The Morgan fingerprint density at radius 2 is 1.78 bits per heavy atom. The highest BCUT2D eigenvalue weighted by molar-refractivity contribution is 5.48. The lowest BCUT2D eigenvalue weighted by atomic mass is 9.66. The van der Waals surface area contributed by atoms with Gasteiger partial charge in [0.15, 0.2) is 11.5 Å². The molecule has 1 aromatic rings. The fourth-order valence-electron chi connectivity index (χ4n) is 3.23. The van der Waals surface area contributed by atoms with Crippen LogP contribution in [0, 0.1) is 11.8 Å². The fourth-order valence-corrected chi connectivity index (χ4v) is 3.23. The molecule has 0 spiro atoms. The van der Waals surface area contributed by atoms with E-state index in [0.717, 1.165) is 30.2 Å². The van der Waals surface area contributed by atoms with Crippen molar-refractivity contribution < 1.29 is 10.2 Å². The first-order chi connectivity index (χ1) is 8.44. The zero-order valence-corrected chi connectivity index (χ0v) is 11.6. The van der Waals surface area contributed by atoms with Gasteiger partial charge in [-0.2, -0.15) is 0 Å². The zero-order valence-electron chi connectivity index (χ0n) is 11.6. The van der Waals surface area contributed by atoms with Crippen molar-refractivity contribution in [3.63, 3.8) is 0 Å². The Morgan fingerprint density at radius 1 is 1.17 bits per heavy atom. The summed E-state index contributed by atoms with van der Waals surface area (Å²) in [4.78, 5) is 0. The number of aromatic hydroxyl groups is 2. The summed E-state index contributed by atoms with van der Waals surface area (Å²) < 4.78 is 0. The standard InChI is InChI=1S/C16H24O2/c1-11(2)12-7-9-16(3,10-8-12)13-5-4-6-14(17)15(13)18/h4-6,11-12,17-18H,7-10H2,1-3H3. The molecule has 2 rings (SSSR count). The van der Waals surface area contributed by atoms with Crippen LogP contribution in [-0.4, -0.2) is 10.2 Å². The van der Waals surface area contributed by atoms with Gasteiger partial charge in [-0.05, 0) is 49.0 Å². The van der Waals surface area contributed by atoms with Crippen molar-refractivity contribution in [2.45, 2.75) is 51.9 Å². The maximum absolute atomic E-state index is 10.0. The molecular weight excluding hydrogens is 224 g/mol. The van der Waals surface area contributed by atoms with E-state index < -0.39 is 0 Å². The molecule has 100 valence electrons. The molecular formula is C16H24O2. The lowest BCUT2D eigenvalue weighted by Gasteiger charge is -2.39. The predicted octanol–water partition coefficient (Wildman–Crippen LogP) is 4.20. The van der Waals surface area contributed by atoms with Gasteiger partial charge in [0.2, 0.25) is 0 Å². The average Bonchev–Trinajstić information content (AvgIpc) is 2.33. The summed E-state index contributed by atoms with van der Waals surface area (Å²) in [5.74, 6) is 1.62. The van der Waals surface area contributed by atoms with Crippen LogP contribution in [0.25, 0.3) is 0 Å². The molecule has 2 heteroatoms. The number of phenols is 2. The molecule has 1 aliphatic carbocycles. The number of phenolic OH excluding ortho intramolecular Hbond substituents is 2. The van der Waals surface area contributed by atoms with Crippen LogP contribution in [0.2, 0.25) is 0 Å². The van der Waals surface area contributed by atoms with E-state index in [1.54, 1.807) is 6.07 Å². The predicted molar refractivity (Wildman–Crippen MR) is 73.9 cm³/mol. The second kappa shape index (κ2) is 4.83. The molecule has 2 N–H and O–H groups in total. The van der Waals surface area contributed by atoms with Crippen molar-refractivity contribution in [3.8, 4) is 11.5 Å². The summed E-state index contributed by atoms with van der Waals surface area (Å²) in [6, 6.07) is 5.32. The van der Waals surface area contributed by atoms with Crippen molar-refractivity contribution >= 4 is 0 Å². The third-order valence-corrected chi connectivity index (χ3v) is 4.74. The number of hydrogen-bond acceptors (Lipinski definition) is 2. The molecule has 0 aliphatic heterocycles. The first kappa shape index (κ1) is 13.3. The van der Waals surface area contributed by atoms with Crippen LogP contribution in [0.1, 0.15) is 52.0 Å². The van der Waals surface area contributed by atoms with Gasteiger partial charge in [0.05, 0.1) is 0 Å². The first-order valence-electron chi connectivity index (χ1n) is 6.95. The second-order valence-corrected chi connectivity index (χ2v) is 6.32. The first-order valence-corrected chi connectivity index (χ1v) is 6.95. The highest BCUT2D eigenvalue weighted by atomic mass is 16.3. The van der Waals surface area contributed by atoms with Crippen LogP contribution in [0.4, 0.5) is 0 Å². The topological polar surface area (TPSA) is 40.5 Å². The van der Waals surface area contributed by atoms with Crippen molar-refractivity contribution in [2.75, 3.05) is 0 Å². The van der Waals surface area contributed by atoms with E-state index in [0.29, 0.717) is 0 Å². The SMILES string of the molecule is CC(C)C1CCC(C)(c2cccc(O)c2O)CC1. The molecule has 0 unspecified atom stereocenters. The number of benzene rings is 1. The van der Waals surface area contributed by atoms with E-state index >= 15 is 0 Å².